The summed E-state index contributed by atoms with van der Waals surface area (Å²) in [5.74, 6) is 0.613. The highest BCUT2D eigenvalue weighted by atomic mass is 19.1. The Morgan fingerprint density at radius 1 is 1.08 bits per heavy atom. The van der Waals surface area contributed by atoms with E-state index >= 15 is 0 Å². The summed E-state index contributed by atoms with van der Waals surface area (Å²) in [5, 5.41) is 17.2. The molecule has 1 saturated carbocycles. The average molecular weight is 336 g/mol. The fourth-order valence-electron chi connectivity index (χ4n) is 3.51. The Hall–Kier alpha value is -2.39. The van der Waals surface area contributed by atoms with Crippen LogP contribution in [0.2, 0.25) is 0 Å². The molecular formula is C22H25FN2. The van der Waals surface area contributed by atoms with Crippen molar-refractivity contribution in [2.24, 2.45) is 11.8 Å². The van der Waals surface area contributed by atoms with Gasteiger partial charge in [-0.25, -0.2) is 0 Å². The second-order valence-corrected chi connectivity index (χ2v) is 6.85. The number of allylic oxidation sites excluding steroid dienone is 4. The van der Waals surface area contributed by atoms with Gasteiger partial charge in [-0.3, -0.25) is 0 Å². The lowest BCUT2D eigenvalue weighted by Crippen LogP contribution is -2.13. The van der Waals surface area contributed by atoms with Gasteiger partial charge in [0, 0.05) is 0 Å². The van der Waals surface area contributed by atoms with Crippen LogP contribution in [0.25, 0.3) is 0 Å². The lowest BCUT2D eigenvalue weighted by atomic mass is 9.79. The van der Waals surface area contributed by atoms with Crippen LogP contribution in [0.1, 0.15) is 56.1 Å². The molecule has 0 N–H and O–H groups in total. The minimum Gasteiger partial charge on any atom is -0.195 e. The number of benzene rings is 1. The van der Waals surface area contributed by atoms with Crippen molar-refractivity contribution < 1.29 is 4.39 Å². The summed E-state index contributed by atoms with van der Waals surface area (Å²) in [4.78, 5) is 0. The van der Waals surface area contributed by atoms with E-state index in [1.54, 1.807) is 6.08 Å². The molecule has 0 aliphatic heterocycles. The number of rotatable bonds is 7. The Morgan fingerprint density at radius 2 is 1.80 bits per heavy atom. The van der Waals surface area contributed by atoms with Gasteiger partial charge >= 0.3 is 0 Å². The van der Waals surface area contributed by atoms with Gasteiger partial charge in [0.25, 0.3) is 0 Å². The molecule has 0 amide bonds. The maximum atomic E-state index is 12.7. The minimum absolute atomic E-state index is 0.526. The first kappa shape index (κ1) is 18.9. The lowest BCUT2D eigenvalue weighted by molar-refractivity contribution is 0.289. The standard InChI is InChI=1S/C22H25FN2/c23-22(17-25)7-3-6-20-10-8-18(9-11-20)4-1-2-5-19-12-14-21(16-24)15-13-19/h3,6-7,12-15,18,20H,1-2,4-5,8-11H2/b6-3+,22-7-/t18-,20-. The number of nitriles is 2. The minimum atomic E-state index is -0.729. The number of aryl methyl sites for hydroxylation is 1. The van der Waals surface area contributed by atoms with Crippen molar-refractivity contribution >= 4 is 0 Å². The molecule has 130 valence electrons. The molecule has 3 heteroatoms. The van der Waals surface area contributed by atoms with E-state index in [4.69, 9.17) is 10.5 Å². The first-order valence-electron chi connectivity index (χ1n) is 9.14. The molecule has 0 spiro atoms. The monoisotopic (exact) mass is 336 g/mol. The number of nitrogens with zero attached hydrogens (tertiary/aromatic N) is 2. The van der Waals surface area contributed by atoms with E-state index in [1.807, 2.05) is 18.2 Å². The van der Waals surface area contributed by atoms with Crippen LogP contribution in [0.5, 0.6) is 0 Å². The normalized spacial score (nSPS) is 21.0. The highest BCUT2D eigenvalue weighted by Gasteiger charge is 2.18. The molecule has 1 aliphatic carbocycles. The Bertz CT molecular complexity index is 665. The molecule has 1 aromatic rings. The predicted molar refractivity (Wildman–Crippen MR) is 98.1 cm³/mol. The molecule has 0 atom stereocenters. The van der Waals surface area contributed by atoms with Gasteiger partial charge in [0.1, 0.15) is 6.07 Å². The number of halogens is 1. The molecule has 1 fully saturated rings. The molecule has 1 aliphatic rings. The third-order valence-electron chi connectivity index (χ3n) is 5.03. The topological polar surface area (TPSA) is 47.6 Å². The van der Waals surface area contributed by atoms with E-state index < -0.39 is 5.83 Å². The van der Waals surface area contributed by atoms with Gasteiger partial charge in [0.05, 0.1) is 11.6 Å². The number of unbranched alkanes of at least 4 members (excludes halogenated alkanes) is 1. The quantitative estimate of drug-likeness (QED) is 0.348. The molecule has 0 unspecified atom stereocenters. The van der Waals surface area contributed by atoms with Gasteiger partial charge in [-0.2, -0.15) is 14.9 Å². The van der Waals surface area contributed by atoms with E-state index in [0.717, 1.165) is 17.9 Å². The summed E-state index contributed by atoms with van der Waals surface area (Å²) in [6, 6.07) is 11.5. The zero-order valence-corrected chi connectivity index (χ0v) is 14.6. The molecule has 0 saturated heterocycles. The first-order chi connectivity index (χ1) is 12.2. The Balaban J connectivity index is 1.61. The van der Waals surface area contributed by atoms with Crippen LogP contribution in [0.15, 0.2) is 48.3 Å². The fraction of sp³-hybridized carbons (Fsp3) is 0.455. The van der Waals surface area contributed by atoms with E-state index in [2.05, 4.69) is 18.2 Å². The van der Waals surface area contributed by atoms with Crippen molar-refractivity contribution in [1.82, 2.24) is 0 Å². The van der Waals surface area contributed by atoms with Crippen molar-refractivity contribution in [2.75, 3.05) is 0 Å². The van der Waals surface area contributed by atoms with Crippen LogP contribution in [-0.2, 0) is 6.42 Å². The average Bonchev–Trinajstić information content (AvgIpc) is 2.66. The largest absolute Gasteiger partial charge is 0.199 e. The Morgan fingerprint density at radius 3 is 2.44 bits per heavy atom. The third kappa shape index (κ3) is 6.94. The van der Waals surface area contributed by atoms with Crippen molar-refractivity contribution in [3.05, 3.63) is 59.4 Å². The van der Waals surface area contributed by atoms with Crippen molar-refractivity contribution in [3.63, 3.8) is 0 Å². The second-order valence-electron chi connectivity index (χ2n) is 6.85. The van der Waals surface area contributed by atoms with Gasteiger partial charge < -0.3 is 0 Å². The highest BCUT2D eigenvalue weighted by molar-refractivity contribution is 5.31. The van der Waals surface area contributed by atoms with E-state index in [1.165, 1.54) is 62.7 Å². The summed E-state index contributed by atoms with van der Waals surface area (Å²) >= 11 is 0. The Labute approximate surface area is 150 Å². The molecule has 0 heterocycles. The molecule has 1 aromatic carbocycles. The Kier molecular flexibility index (Phi) is 7.93. The molecule has 0 radical (unpaired) electrons. The smallest absolute Gasteiger partial charge is 0.195 e. The molecule has 25 heavy (non-hydrogen) atoms. The SMILES string of the molecule is N#C/C(F)=C/C=C/[C@H]1CC[C@H](CCCCc2ccc(C#N)cc2)CC1. The summed E-state index contributed by atoms with van der Waals surface area (Å²) in [6.07, 6.45) is 14.6. The molecule has 2 nitrogen and oxygen atoms in total. The van der Waals surface area contributed by atoms with Crippen molar-refractivity contribution in [1.29, 1.82) is 10.5 Å². The summed E-state index contributed by atoms with van der Waals surface area (Å²) < 4.78 is 12.7. The van der Waals surface area contributed by atoms with E-state index in [-0.39, 0.29) is 0 Å². The zero-order valence-electron chi connectivity index (χ0n) is 14.6. The summed E-state index contributed by atoms with van der Waals surface area (Å²) in [5.41, 5.74) is 2.03. The van der Waals surface area contributed by atoms with Crippen molar-refractivity contribution in [3.8, 4) is 12.1 Å². The summed E-state index contributed by atoms with van der Waals surface area (Å²) in [7, 11) is 0. The van der Waals surface area contributed by atoms with Crippen LogP contribution in [-0.4, -0.2) is 0 Å². The van der Waals surface area contributed by atoms with Crippen LogP contribution in [0, 0.1) is 34.5 Å². The maximum absolute atomic E-state index is 12.7. The van der Waals surface area contributed by atoms with E-state index in [9.17, 15) is 4.39 Å². The van der Waals surface area contributed by atoms with Crippen LogP contribution in [0.3, 0.4) is 0 Å². The number of hydrogen-bond donors (Lipinski definition) is 0. The van der Waals surface area contributed by atoms with Gasteiger partial charge in [-0.15, -0.1) is 0 Å². The van der Waals surface area contributed by atoms with Crippen LogP contribution in [0.4, 0.5) is 4.39 Å². The van der Waals surface area contributed by atoms with Gasteiger partial charge in [0.2, 0.25) is 0 Å². The van der Waals surface area contributed by atoms with Gasteiger partial charge in [0.15, 0.2) is 5.83 Å². The lowest BCUT2D eigenvalue weighted by Gasteiger charge is -2.26. The first-order valence-corrected chi connectivity index (χ1v) is 9.14. The summed E-state index contributed by atoms with van der Waals surface area (Å²) in [6.45, 7) is 0. The maximum Gasteiger partial charge on any atom is 0.199 e. The number of hydrogen-bond acceptors (Lipinski definition) is 2. The predicted octanol–water partition coefficient (Wildman–Crippen LogP) is 6.01. The van der Waals surface area contributed by atoms with Gasteiger partial charge in [-0.05, 0) is 74.1 Å². The molecular weight excluding hydrogens is 311 g/mol. The third-order valence-corrected chi connectivity index (χ3v) is 5.03. The van der Waals surface area contributed by atoms with Crippen molar-refractivity contribution in [2.45, 2.75) is 51.4 Å². The van der Waals surface area contributed by atoms with E-state index in [0.29, 0.717) is 5.92 Å². The van der Waals surface area contributed by atoms with Crippen LogP contribution < -0.4 is 0 Å². The highest BCUT2D eigenvalue weighted by Crippen LogP contribution is 2.32. The van der Waals surface area contributed by atoms with Gasteiger partial charge in [-0.1, -0.05) is 37.1 Å². The second kappa shape index (κ2) is 10.5. The molecule has 2 rings (SSSR count). The van der Waals surface area contributed by atoms with Crippen LogP contribution >= 0.6 is 0 Å². The fourth-order valence-corrected chi connectivity index (χ4v) is 3.51. The molecule has 0 aromatic heterocycles. The zero-order chi connectivity index (χ0) is 17.9. The molecule has 0 bridgehead atoms.